The van der Waals surface area contributed by atoms with Gasteiger partial charge in [0.2, 0.25) is 0 Å². The summed E-state index contributed by atoms with van der Waals surface area (Å²) < 4.78 is 0. The van der Waals surface area contributed by atoms with E-state index in [1.165, 1.54) is 16.7 Å². The van der Waals surface area contributed by atoms with Gasteiger partial charge >= 0.3 is 17.1 Å². The van der Waals surface area contributed by atoms with Crippen molar-refractivity contribution in [1.29, 1.82) is 0 Å². The van der Waals surface area contributed by atoms with Gasteiger partial charge in [-0.05, 0) is 76.6 Å². The summed E-state index contributed by atoms with van der Waals surface area (Å²) in [7, 11) is -0.376. The van der Waals surface area contributed by atoms with Crippen molar-refractivity contribution in [3.63, 3.8) is 0 Å². The van der Waals surface area contributed by atoms with Crippen LogP contribution in [0.5, 0.6) is 0 Å². The Kier molecular flexibility index (Phi) is 9.94. The van der Waals surface area contributed by atoms with Gasteiger partial charge in [-0.15, -0.1) is 0 Å². The molecule has 1 heterocycles. The van der Waals surface area contributed by atoms with E-state index < -0.39 is 0 Å². The third kappa shape index (κ3) is 6.82. The normalized spacial score (nSPS) is 17.6. The van der Waals surface area contributed by atoms with Crippen LogP contribution in [0.2, 0.25) is 0 Å². The first-order valence-electron chi connectivity index (χ1n) is 8.46. The molecule has 4 rings (SSSR count). The summed E-state index contributed by atoms with van der Waals surface area (Å²) in [6, 6.07) is 23.9. The van der Waals surface area contributed by atoms with Crippen molar-refractivity contribution in [3.05, 3.63) is 118 Å². The minimum absolute atomic E-state index is 0. The monoisotopic (exact) mass is 399 g/mol. The summed E-state index contributed by atoms with van der Waals surface area (Å²) >= 11 is 0. The van der Waals surface area contributed by atoms with Crippen LogP contribution in [0.3, 0.4) is 0 Å². The molecule has 2 fully saturated rings. The molecule has 2 aliphatic rings. The van der Waals surface area contributed by atoms with Gasteiger partial charge in [0.25, 0.3) is 0 Å². The molecule has 0 amide bonds. The Balaban J connectivity index is 0.000000351. The molecule has 2 aromatic carbocycles. The first-order chi connectivity index (χ1) is 12.3. The second-order valence-electron chi connectivity index (χ2n) is 5.80. The Bertz CT molecular complexity index is 553. The van der Waals surface area contributed by atoms with Gasteiger partial charge in [-0.25, -0.2) is 5.32 Å². The fraction of sp³-hybridized carbons (Fsp3) is 0.0870. The van der Waals surface area contributed by atoms with Crippen molar-refractivity contribution in [1.82, 2.24) is 5.32 Å². The maximum absolute atomic E-state index is 4.62. The number of rotatable bonds is 4. The van der Waals surface area contributed by atoms with Crippen LogP contribution in [0, 0.1) is 57.0 Å². The molecule has 10 radical (unpaired) electrons. The van der Waals surface area contributed by atoms with Crippen LogP contribution in [0.4, 0.5) is 0 Å². The smallest absolute Gasteiger partial charge is 0.224 e. The summed E-state index contributed by atoms with van der Waals surface area (Å²) in [4.78, 5) is 0. The van der Waals surface area contributed by atoms with Gasteiger partial charge in [0, 0.05) is 0 Å². The molecule has 3 heteroatoms. The maximum Gasteiger partial charge on any atom is 2.00 e. The summed E-state index contributed by atoms with van der Waals surface area (Å²) in [5.74, 6) is 0. The molecule has 1 aliphatic heterocycles. The summed E-state index contributed by atoms with van der Waals surface area (Å²) in [5.41, 5.74) is 0. The average Bonchev–Trinajstić information content (AvgIpc) is 3.36. The van der Waals surface area contributed by atoms with Crippen LogP contribution < -0.4 is 15.9 Å². The summed E-state index contributed by atoms with van der Waals surface area (Å²) in [5, 5.41) is 7.44. The minimum Gasteiger partial charge on any atom is -0.224 e. The molecule has 0 N–H and O–H groups in total. The molecule has 0 atom stereocenters. The Morgan fingerprint density at radius 3 is 1.54 bits per heavy atom. The molecular formula is C23H22FeNP+2. The molecule has 0 unspecified atom stereocenters. The molecule has 1 saturated carbocycles. The van der Waals surface area contributed by atoms with Gasteiger partial charge in [0.1, 0.15) is 0 Å². The first kappa shape index (κ1) is 21.6. The maximum atomic E-state index is 4.62. The Hall–Kier alpha value is -0.651. The van der Waals surface area contributed by atoms with Crippen LogP contribution >= 0.6 is 7.92 Å². The Morgan fingerprint density at radius 2 is 1.15 bits per heavy atom. The largest absolute Gasteiger partial charge is 2.00 e. The van der Waals surface area contributed by atoms with E-state index in [1.54, 1.807) is 0 Å². The zero-order valence-electron chi connectivity index (χ0n) is 14.8. The van der Waals surface area contributed by atoms with E-state index in [-0.39, 0.29) is 25.0 Å². The number of hydrogen-bond donors (Lipinski definition) is 0. The van der Waals surface area contributed by atoms with Crippen LogP contribution in [0.15, 0.2) is 60.7 Å². The van der Waals surface area contributed by atoms with E-state index in [9.17, 15) is 0 Å². The molecule has 0 bridgehead atoms. The number of nitrogens with zero attached hydrogens (tertiary/aromatic N) is 1. The van der Waals surface area contributed by atoms with Gasteiger partial charge in [-0.1, -0.05) is 60.7 Å². The van der Waals surface area contributed by atoms with Gasteiger partial charge in [0.15, 0.2) is 0 Å². The Labute approximate surface area is 171 Å². The van der Waals surface area contributed by atoms with Crippen molar-refractivity contribution in [2.45, 2.75) is 6.92 Å². The molecule has 0 spiro atoms. The zero-order chi connectivity index (χ0) is 17.3. The molecule has 1 nitrogen and oxygen atoms in total. The summed E-state index contributed by atoms with van der Waals surface area (Å²) in [6.07, 6.45) is 15.3. The molecule has 0 aromatic heterocycles. The van der Waals surface area contributed by atoms with E-state index in [0.717, 1.165) is 12.2 Å². The van der Waals surface area contributed by atoms with Crippen molar-refractivity contribution in [2.24, 2.45) is 0 Å². The fourth-order valence-corrected chi connectivity index (χ4v) is 4.86. The van der Waals surface area contributed by atoms with Crippen LogP contribution in [-0.4, -0.2) is 6.16 Å². The first-order valence-corrected chi connectivity index (χ1v) is 9.99. The van der Waals surface area contributed by atoms with E-state index in [4.69, 9.17) is 0 Å². The van der Waals surface area contributed by atoms with E-state index in [1.807, 2.05) is 32.1 Å². The van der Waals surface area contributed by atoms with Crippen molar-refractivity contribution in [3.8, 4) is 0 Å². The van der Waals surface area contributed by atoms with Crippen LogP contribution in [0.25, 0.3) is 0 Å². The predicted octanol–water partition coefficient (Wildman–Crippen LogP) is 4.25. The topological polar surface area (TPSA) is 14.1 Å². The van der Waals surface area contributed by atoms with E-state index in [2.05, 4.69) is 85.7 Å². The molecular weight excluding hydrogens is 377 g/mol. The molecule has 26 heavy (non-hydrogen) atoms. The fourth-order valence-electron chi connectivity index (χ4n) is 2.64. The number of benzene rings is 2. The summed E-state index contributed by atoms with van der Waals surface area (Å²) in [6.45, 7) is 2.05. The SMILES string of the molecule is C[C]1[CH][CH][C](CP(c2ccccc2)c2ccccc2)[N]1.[CH]1[CH][CH][CH][CH]1.[Fe+2]. The van der Waals surface area contributed by atoms with Crippen molar-refractivity contribution < 1.29 is 17.1 Å². The second-order valence-corrected chi connectivity index (χ2v) is 8.00. The second kappa shape index (κ2) is 11.9. The Morgan fingerprint density at radius 1 is 0.692 bits per heavy atom. The zero-order valence-corrected chi connectivity index (χ0v) is 16.8. The van der Waals surface area contributed by atoms with Gasteiger partial charge in [0.05, 0.1) is 12.1 Å². The van der Waals surface area contributed by atoms with Crippen molar-refractivity contribution >= 4 is 18.5 Å². The van der Waals surface area contributed by atoms with E-state index >= 15 is 0 Å². The number of hydrogen-bond acceptors (Lipinski definition) is 0. The van der Waals surface area contributed by atoms with Crippen LogP contribution in [0.1, 0.15) is 6.92 Å². The van der Waals surface area contributed by atoms with E-state index in [0.29, 0.717) is 0 Å². The molecule has 1 saturated heterocycles. The van der Waals surface area contributed by atoms with Crippen LogP contribution in [-0.2, 0) is 17.1 Å². The van der Waals surface area contributed by atoms with Gasteiger partial charge < -0.3 is 0 Å². The third-order valence-corrected chi connectivity index (χ3v) is 6.33. The minimum atomic E-state index is -0.376. The third-order valence-electron chi connectivity index (χ3n) is 3.85. The van der Waals surface area contributed by atoms with Gasteiger partial charge in [-0.2, -0.15) is 0 Å². The molecule has 130 valence electrons. The quantitative estimate of drug-likeness (QED) is 0.539. The average molecular weight is 399 g/mol. The molecule has 2 aromatic rings. The van der Waals surface area contributed by atoms with Gasteiger partial charge in [-0.3, -0.25) is 0 Å². The molecule has 1 aliphatic carbocycles. The van der Waals surface area contributed by atoms with Crippen molar-refractivity contribution in [2.75, 3.05) is 6.16 Å². The predicted molar refractivity (Wildman–Crippen MR) is 108 cm³/mol. The standard InChI is InChI=1S/C18H17NP.C5H5.Fe/c1-15-12-13-16(19-15)14-20(17-8-4-2-5-9-17)18-10-6-3-7-11-18;1-2-4-5-3-1;/h2-13H,14H2,1H3;1-5H;/q;;+2.